The lowest BCUT2D eigenvalue weighted by Crippen LogP contribution is -2.21. The van der Waals surface area contributed by atoms with E-state index in [1.54, 1.807) is 27.0 Å². The van der Waals surface area contributed by atoms with Gasteiger partial charge in [-0.2, -0.15) is 0 Å². The number of benzene rings is 2. The predicted molar refractivity (Wildman–Crippen MR) is 137 cm³/mol. The topological polar surface area (TPSA) is 71.8 Å². The molecule has 5 rings (SSSR count). The quantitative estimate of drug-likeness (QED) is 0.310. The molecule has 8 heteroatoms. The molecule has 2 N–H and O–H groups in total. The molecule has 1 aromatic heterocycles. The van der Waals surface area contributed by atoms with Crippen LogP contribution in [0.5, 0.6) is 11.6 Å². The first-order chi connectivity index (χ1) is 17.9. The molecular weight excluding hydrogens is 495 g/mol. The van der Waals surface area contributed by atoms with Crippen molar-refractivity contribution in [2.24, 2.45) is 11.8 Å². The predicted octanol–water partition coefficient (Wildman–Crippen LogP) is 6.55. The fraction of sp³-hybridized carbons (Fsp3) is 0.367. The van der Waals surface area contributed by atoms with Gasteiger partial charge >= 0.3 is 0 Å². The Labute approximate surface area is 219 Å². The monoisotopic (exact) mass is 525 g/mol. The van der Waals surface area contributed by atoms with Gasteiger partial charge in [0, 0.05) is 42.3 Å². The highest BCUT2D eigenvalue weighted by atomic mass is 19.1. The van der Waals surface area contributed by atoms with Crippen LogP contribution in [0.3, 0.4) is 0 Å². The first-order valence-electron chi connectivity index (χ1n) is 12.6. The smallest absolute Gasteiger partial charge is 0.213 e. The van der Waals surface area contributed by atoms with Crippen molar-refractivity contribution < 1.29 is 32.9 Å². The van der Waals surface area contributed by atoms with Gasteiger partial charge in [-0.05, 0) is 73.4 Å². The lowest BCUT2D eigenvalue weighted by Gasteiger charge is -2.18. The SMILES string of the molecule is C=C(O)[C@H]1[C@@H]2Cc3cc(OCc4cc(-c5c(F)cc(OCCC(C)(C)O)cc5F)c(C)cc4F)ncc3[C@@H]21. The number of aliphatic hydroxyl groups is 2. The van der Waals surface area contributed by atoms with Gasteiger partial charge in [0.05, 0.1) is 23.5 Å². The summed E-state index contributed by atoms with van der Waals surface area (Å²) in [6.45, 7) is 8.38. The molecule has 2 aromatic carbocycles. The zero-order valence-electron chi connectivity index (χ0n) is 21.5. The molecule has 2 aliphatic rings. The van der Waals surface area contributed by atoms with Gasteiger partial charge in [-0.1, -0.05) is 6.58 Å². The highest BCUT2D eigenvalue weighted by Gasteiger charge is 2.57. The number of fused-ring (bicyclic) bond motifs is 3. The molecule has 2 aliphatic carbocycles. The summed E-state index contributed by atoms with van der Waals surface area (Å²) in [5, 5.41) is 19.5. The first-order valence-corrected chi connectivity index (χ1v) is 12.6. The molecule has 5 nitrogen and oxygen atoms in total. The van der Waals surface area contributed by atoms with Crippen LogP contribution >= 0.6 is 0 Å². The number of pyridine rings is 1. The van der Waals surface area contributed by atoms with Gasteiger partial charge in [0.25, 0.3) is 0 Å². The maximum Gasteiger partial charge on any atom is 0.213 e. The van der Waals surface area contributed by atoms with Crippen molar-refractivity contribution in [3.8, 4) is 22.8 Å². The number of rotatable bonds is 9. The molecule has 0 bridgehead atoms. The molecule has 1 heterocycles. The minimum absolute atomic E-state index is 0.00580. The van der Waals surface area contributed by atoms with E-state index in [0.29, 0.717) is 17.4 Å². The number of nitrogens with zero attached hydrogens (tertiary/aromatic N) is 1. The fourth-order valence-electron chi connectivity index (χ4n) is 5.36. The largest absolute Gasteiger partial charge is 0.513 e. The zero-order chi connectivity index (χ0) is 27.4. The molecule has 38 heavy (non-hydrogen) atoms. The fourth-order valence-corrected chi connectivity index (χ4v) is 5.36. The summed E-state index contributed by atoms with van der Waals surface area (Å²) in [5.74, 6) is -1.03. The van der Waals surface area contributed by atoms with E-state index >= 15 is 8.78 Å². The summed E-state index contributed by atoms with van der Waals surface area (Å²) in [7, 11) is 0. The number of aryl methyl sites for hydroxylation is 1. The van der Waals surface area contributed by atoms with E-state index < -0.39 is 23.1 Å². The van der Waals surface area contributed by atoms with Crippen LogP contribution in [0.25, 0.3) is 11.1 Å². The Balaban J connectivity index is 1.32. The van der Waals surface area contributed by atoms with E-state index in [2.05, 4.69) is 11.6 Å². The summed E-state index contributed by atoms with van der Waals surface area (Å²) in [6, 6.07) is 6.60. The Bertz CT molecular complexity index is 1390. The minimum atomic E-state index is -0.963. The molecule has 0 saturated heterocycles. The maximum absolute atomic E-state index is 15.0. The van der Waals surface area contributed by atoms with Crippen molar-refractivity contribution in [3.05, 3.63) is 88.6 Å². The van der Waals surface area contributed by atoms with E-state index in [0.717, 1.165) is 29.7 Å². The molecule has 200 valence electrons. The number of halogens is 3. The van der Waals surface area contributed by atoms with E-state index in [-0.39, 0.29) is 59.7 Å². The first kappa shape index (κ1) is 26.1. The normalized spacial score (nSPS) is 19.6. The molecule has 0 spiro atoms. The van der Waals surface area contributed by atoms with Gasteiger partial charge in [0.2, 0.25) is 5.88 Å². The second-order valence-corrected chi connectivity index (χ2v) is 10.9. The Kier molecular flexibility index (Phi) is 6.63. The molecule has 3 aromatic rings. The van der Waals surface area contributed by atoms with Crippen LogP contribution in [-0.2, 0) is 13.0 Å². The molecule has 0 amide bonds. The molecule has 0 aliphatic heterocycles. The third-order valence-corrected chi connectivity index (χ3v) is 7.40. The van der Waals surface area contributed by atoms with Gasteiger partial charge in [-0.25, -0.2) is 18.2 Å². The van der Waals surface area contributed by atoms with Crippen molar-refractivity contribution in [1.29, 1.82) is 0 Å². The summed E-state index contributed by atoms with van der Waals surface area (Å²) >= 11 is 0. The van der Waals surface area contributed by atoms with E-state index in [9.17, 15) is 14.6 Å². The van der Waals surface area contributed by atoms with Crippen molar-refractivity contribution >= 4 is 0 Å². The number of hydrogen-bond donors (Lipinski definition) is 2. The maximum atomic E-state index is 15.0. The van der Waals surface area contributed by atoms with Crippen molar-refractivity contribution in [1.82, 2.24) is 4.98 Å². The van der Waals surface area contributed by atoms with Gasteiger partial charge in [0.15, 0.2) is 0 Å². The lowest BCUT2D eigenvalue weighted by atomic mass is 9.96. The molecule has 1 fully saturated rings. The van der Waals surface area contributed by atoms with Crippen LogP contribution in [0.2, 0.25) is 0 Å². The van der Waals surface area contributed by atoms with Crippen molar-refractivity contribution in [3.63, 3.8) is 0 Å². The van der Waals surface area contributed by atoms with E-state index in [1.165, 1.54) is 12.1 Å². The van der Waals surface area contributed by atoms with Gasteiger partial charge in [0.1, 0.15) is 29.8 Å². The Morgan fingerprint density at radius 1 is 1.08 bits per heavy atom. The summed E-state index contributed by atoms with van der Waals surface area (Å²) < 4.78 is 56.0. The third kappa shape index (κ3) is 5.10. The highest BCUT2D eigenvalue weighted by molar-refractivity contribution is 5.70. The van der Waals surface area contributed by atoms with E-state index in [4.69, 9.17) is 9.47 Å². The van der Waals surface area contributed by atoms with Crippen LogP contribution in [0, 0.1) is 36.2 Å². The van der Waals surface area contributed by atoms with Gasteiger partial charge < -0.3 is 19.7 Å². The average molecular weight is 526 g/mol. The van der Waals surface area contributed by atoms with Crippen LogP contribution in [0.1, 0.15) is 48.4 Å². The van der Waals surface area contributed by atoms with E-state index in [1.807, 2.05) is 6.07 Å². The second-order valence-electron chi connectivity index (χ2n) is 10.9. The Morgan fingerprint density at radius 3 is 2.45 bits per heavy atom. The van der Waals surface area contributed by atoms with Crippen molar-refractivity contribution in [2.75, 3.05) is 6.61 Å². The number of aromatic nitrogens is 1. The zero-order valence-corrected chi connectivity index (χ0v) is 21.5. The highest BCUT2D eigenvalue weighted by Crippen LogP contribution is 2.63. The van der Waals surface area contributed by atoms with Crippen LogP contribution < -0.4 is 9.47 Å². The molecule has 3 atom stereocenters. The van der Waals surface area contributed by atoms with Gasteiger partial charge in [-0.15, -0.1) is 0 Å². The second kappa shape index (κ2) is 9.66. The molecule has 1 saturated carbocycles. The summed E-state index contributed by atoms with van der Waals surface area (Å²) in [6.07, 6.45) is 2.81. The molecular formula is C30H30F3NO4. The number of allylic oxidation sites excluding steroid dienone is 1. The van der Waals surface area contributed by atoms with Crippen LogP contribution in [0.4, 0.5) is 13.2 Å². The Hall–Kier alpha value is -3.52. The summed E-state index contributed by atoms with van der Waals surface area (Å²) in [4.78, 5) is 4.34. The number of hydrogen-bond acceptors (Lipinski definition) is 5. The standard InChI is InChI=1S/C30H30F3NO4/c1-15-7-23(31)18(14-38-26-10-17-8-21-27(16(2)35)28(21)22(17)13-34-26)9-20(15)29-24(32)11-19(12-25(29)33)37-6-5-30(3,4)36/h7,9-13,21,27-28,35-36H,2,5-6,8,14H2,1,3-4H3/t21-,27-,28+/m0/s1. The third-order valence-electron chi connectivity index (χ3n) is 7.40. The Morgan fingerprint density at radius 2 is 1.79 bits per heavy atom. The van der Waals surface area contributed by atoms with Crippen LogP contribution in [0.15, 0.2) is 48.9 Å². The molecule has 0 unspecified atom stereocenters. The molecule has 0 radical (unpaired) electrons. The lowest BCUT2D eigenvalue weighted by molar-refractivity contribution is 0.0553. The van der Waals surface area contributed by atoms with Crippen LogP contribution in [-0.4, -0.2) is 27.4 Å². The number of ether oxygens (including phenoxy) is 2. The number of aliphatic hydroxyl groups excluding tert-OH is 1. The summed E-state index contributed by atoms with van der Waals surface area (Å²) in [5.41, 5.74) is 1.63. The van der Waals surface area contributed by atoms with Crippen molar-refractivity contribution in [2.45, 2.75) is 51.7 Å². The minimum Gasteiger partial charge on any atom is -0.513 e. The average Bonchev–Trinajstić information content (AvgIpc) is 3.41. The van der Waals surface area contributed by atoms with Gasteiger partial charge in [-0.3, -0.25) is 0 Å².